The summed E-state index contributed by atoms with van der Waals surface area (Å²) in [6, 6.07) is 0.303. The Morgan fingerprint density at radius 1 is 0.833 bits per heavy atom. The first-order valence-electron chi connectivity index (χ1n) is 8.81. The summed E-state index contributed by atoms with van der Waals surface area (Å²) in [4.78, 5) is 30.1. The Balaban J connectivity index is 1.66. The molecule has 8 heteroatoms. The van der Waals surface area contributed by atoms with Gasteiger partial charge in [0.25, 0.3) is 0 Å². The molecule has 24 heavy (non-hydrogen) atoms. The second-order valence-electron chi connectivity index (χ2n) is 6.70. The maximum atomic E-state index is 12.7. The molecular weight excluding hydrogens is 314 g/mol. The molecule has 136 valence electrons. The van der Waals surface area contributed by atoms with Crippen molar-refractivity contribution < 1.29 is 24.2 Å². The van der Waals surface area contributed by atoms with E-state index in [1.54, 1.807) is 9.80 Å². The van der Waals surface area contributed by atoms with Crippen LogP contribution in [-0.4, -0.2) is 104 Å². The Morgan fingerprint density at radius 3 is 2.17 bits per heavy atom. The number of carboxylic acids is 1. The van der Waals surface area contributed by atoms with Gasteiger partial charge >= 0.3 is 12.0 Å². The number of ether oxygens (including phenoxy) is 2. The van der Waals surface area contributed by atoms with Gasteiger partial charge in [-0.2, -0.15) is 0 Å². The minimum atomic E-state index is -0.825. The van der Waals surface area contributed by atoms with Crippen molar-refractivity contribution in [3.63, 3.8) is 0 Å². The number of nitrogens with zero attached hydrogens (tertiary/aromatic N) is 3. The van der Waals surface area contributed by atoms with Gasteiger partial charge in [-0.05, 0) is 12.8 Å². The quantitative estimate of drug-likeness (QED) is 0.757. The van der Waals surface area contributed by atoms with Crippen LogP contribution >= 0.6 is 0 Å². The molecule has 0 aromatic rings. The number of hydrogen-bond donors (Lipinski definition) is 1. The summed E-state index contributed by atoms with van der Waals surface area (Å²) in [5.41, 5.74) is 0. The van der Waals surface area contributed by atoms with Crippen molar-refractivity contribution in [2.45, 2.75) is 18.9 Å². The standard InChI is InChI=1S/C16H27N3O5/c20-15(21)13-11-18(14-1-7-23-8-2-14)3-4-19(12-13)16(22)17-5-9-24-10-6-17/h13-14H,1-12H2,(H,20,21)/t13-/m0/s1. The number of urea groups is 1. The molecule has 1 atom stereocenters. The van der Waals surface area contributed by atoms with Crippen LogP contribution in [0.1, 0.15) is 12.8 Å². The minimum absolute atomic E-state index is 0.0571. The lowest BCUT2D eigenvalue weighted by Crippen LogP contribution is -2.50. The topological polar surface area (TPSA) is 82.5 Å². The van der Waals surface area contributed by atoms with E-state index < -0.39 is 11.9 Å². The predicted octanol–water partition coefficient (Wildman–Crippen LogP) is -0.0640. The molecule has 0 bridgehead atoms. The van der Waals surface area contributed by atoms with Gasteiger partial charge in [-0.15, -0.1) is 0 Å². The summed E-state index contributed by atoms with van der Waals surface area (Å²) in [5.74, 6) is -1.37. The van der Waals surface area contributed by atoms with Gasteiger partial charge in [0.15, 0.2) is 0 Å². The molecule has 3 aliphatic heterocycles. The van der Waals surface area contributed by atoms with Crippen molar-refractivity contribution in [1.82, 2.24) is 14.7 Å². The van der Waals surface area contributed by atoms with E-state index in [2.05, 4.69) is 4.90 Å². The zero-order valence-corrected chi connectivity index (χ0v) is 14.1. The van der Waals surface area contributed by atoms with Gasteiger partial charge in [-0.1, -0.05) is 0 Å². The fraction of sp³-hybridized carbons (Fsp3) is 0.875. The van der Waals surface area contributed by atoms with Crippen LogP contribution in [0.4, 0.5) is 4.79 Å². The average Bonchev–Trinajstić information content (AvgIpc) is 2.86. The van der Waals surface area contributed by atoms with Crippen LogP contribution in [0.15, 0.2) is 0 Å². The van der Waals surface area contributed by atoms with Crippen molar-refractivity contribution in [2.24, 2.45) is 5.92 Å². The van der Waals surface area contributed by atoms with Crippen LogP contribution in [0.25, 0.3) is 0 Å². The predicted molar refractivity (Wildman–Crippen MR) is 85.9 cm³/mol. The van der Waals surface area contributed by atoms with Crippen LogP contribution in [0.3, 0.4) is 0 Å². The third-order valence-electron chi connectivity index (χ3n) is 5.16. The van der Waals surface area contributed by atoms with Crippen molar-refractivity contribution >= 4 is 12.0 Å². The van der Waals surface area contributed by atoms with E-state index in [1.165, 1.54) is 0 Å². The number of amides is 2. The van der Waals surface area contributed by atoms with Gasteiger partial charge in [-0.25, -0.2) is 4.79 Å². The molecule has 0 radical (unpaired) electrons. The first-order valence-corrected chi connectivity index (χ1v) is 8.81. The van der Waals surface area contributed by atoms with Crippen molar-refractivity contribution in [2.75, 3.05) is 65.7 Å². The number of morpholine rings is 1. The Hall–Kier alpha value is -1.38. The molecule has 8 nitrogen and oxygen atoms in total. The Kier molecular flexibility index (Phi) is 5.91. The number of hydrogen-bond acceptors (Lipinski definition) is 5. The van der Waals surface area contributed by atoms with Gasteiger partial charge in [0.1, 0.15) is 0 Å². The maximum absolute atomic E-state index is 12.7. The number of carbonyl (C=O) groups excluding carboxylic acids is 1. The van der Waals surface area contributed by atoms with Crippen LogP contribution in [0, 0.1) is 5.92 Å². The largest absolute Gasteiger partial charge is 0.481 e. The summed E-state index contributed by atoms with van der Waals surface area (Å²) in [7, 11) is 0. The molecule has 0 spiro atoms. The smallest absolute Gasteiger partial charge is 0.320 e. The molecule has 2 amide bonds. The number of carbonyl (C=O) groups is 2. The molecule has 0 unspecified atom stereocenters. The van der Waals surface area contributed by atoms with E-state index in [1.807, 2.05) is 0 Å². The molecule has 0 aromatic carbocycles. The Bertz CT molecular complexity index is 449. The number of carboxylic acid groups (broad SMARTS) is 1. The van der Waals surface area contributed by atoms with Crippen LogP contribution in [0.5, 0.6) is 0 Å². The van der Waals surface area contributed by atoms with Crippen molar-refractivity contribution in [3.05, 3.63) is 0 Å². The molecular formula is C16H27N3O5. The highest BCUT2D eigenvalue weighted by Crippen LogP contribution is 2.20. The molecule has 3 heterocycles. The van der Waals surface area contributed by atoms with Gasteiger partial charge < -0.3 is 24.4 Å². The van der Waals surface area contributed by atoms with Crippen LogP contribution in [0.2, 0.25) is 0 Å². The van der Waals surface area contributed by atoms with Gasteiger partial charge in [0.05, 0.1) is 19.1 Å². The highest BCUT2D eigenvalue weighted by Gasteiger charge is 2.34. The van der Waals surface area contributed by atoms with E-state index >= 15 is 0 Å². The summed E-state index contributed by atoms with van der Waals surface area (Å²) in [6.45, 7) is 5.82. The van der Waals surface area contributed by atoms with E-state index in [-0.39, 0.29) is 12.6 Å². The molecule has 1 N–H and O–H groups in total. The first kappa shape index (κ1) is 17.4. The Labute approximate surface area is 142 Å². The normalized spacial score (nSPS) is 27.8. The van der Waals surface area contributed by atoms with E-state index in [9.17, 15) is 14.7 Å². The molecule has 3 fully saturated rings. The van der Waals surface area contributed by atoms with Crippen LogP contribution < -0.4 is 0 Å². The summed E-state index contributed by atoms with van der Waals surface area (Å²) >= 11 is 0. The Morgan fingerprint density at radius 2 is 1.50 bits per heavy atom. The van der Waals surface area contributed by atoms with Crippen LogP contribution in [-0.2, 0) is 14.3 Å². The molecule has 3 saturated heterocycles. The first-order chi connectivity index (χ1) is 11.6. The maximum Gasteiger partial charge on any atom is 0.320 e. The van der Waals surface area contributed by atoms with Gasteiger partial charge in [-0.3, -0.25) is 9.69 Å². The zero-order chi connectivity index (χ0) is 16.9. The molecule has 0 aromatic heterocycles. The third kappa shape index (κ3) is 4.17. The third-order valence-corrected chi connectivity index (χ3v) is 5.16. The van der Waals surface area contributed by atoms with Crippen molar-refractivity contribution in [1.29, 1.82) is 0 Å². The van der Waals surface area contributed by atoms with Gasteiger partial charge in [0, 0.05) is 58.5 Å². The second-order valence-corrected chi connectivity index (χ2v) is 6.70. The minimum Gasteiger partial charge on any atom is -0.481 e. The lowest BCUT2D eigenvalue weighted by atomic mass is 10.0. The highest BCUT2D eigenvalue weighted by atomic mass is 16.5. The second kappa shape index (κ2) is 8.13. The fourth-order valence-corrected chi connectivity index (χ4v) is 3.71. The van der Waals surface area contributed by atoms with E-state index in [4.69, 9.17) is 9.47 Å². The van der Waals surface area contributed by atoms with Crippen molar-refractivity contribution in [3.8, 4) is 0 Å². The summed E-state index contributed by atoms with van der Waals surface area (Å²) < 4.78 is 10.7. The van der Waals surface area contributed by atoms with E-state index in [0.29, 0.717) is 45.4 Å². The number of rotatable bonds is 2. The van der Waals surface area contributed by atoms with Gasteiger partial charge in [0.2, 0.25) is 0 Å². The molecule has 0 saturated carbocycles. The molecule has 0 aliphatic carbocycles. The van der Waals surface area contributed by atoms with E-state index in [0.717, 1.165) is 32.6 Å². The average molecular weight is 341 g/mol. The molecule has 3 rings (SSSR count). The lowest BCUT2D eigenvalue weighted by molar-refractivity contribution is -0.142. The number of aliphatic carboxylic acids is 1. The summed E-state index contributed by atoms with van der Waals surface area (Å²) in [6.07, 6.45) is 1.87. The SMILES string of the molecule is O=C(O)[C@@H]1CN(C(=O)N2CCOCC2)CCN(C2CCOCC2)C1. The fourth-order valence-electron chi connectivity index (χ4n) is 3.71. The lowest BCUT2D eigenvalue weighted by Gasteiger charge is -2.34. The molecule has 3 aliphatic rings. The highest BCUT2D eigenvalue weighted by molar-refractivity contribution is 5.76. The summed E-state index contributed by atoms with van der Waals surface area (Å²) in [5, 5.41) is 9.57. The monoisotopic (exact) mass is 341 g/mol. The zero-order valence-electron chi connectivity index (χ0n) is 14.1.